The number of rotatable bonds is 7. The van der Waals surface area contributed by atoms with E-state index >= 15 is 0 Å². The van der Waals surface area contributed by atoms with Gasteiger partial charge in [-0.1, -0.05) is 23.5 Å². The van der Waals surface area contributed by atoms with Gasteiger partial charge in [-0.3, -0.25) is 10.1 Å². The van der Waals surface area contributed by atoms with E-state index in [4.69, 9.17) is 4.74 Å². The molecule has 0 atom stereocenters. The van der Waals surface area contributed by atoms with E-state index in [1.54, 1.807) is 0 Å². The van der Waals surface area contributed by atoms with Crippen LogP contribution in [0.1, 0.15) is 5.56 Å². The number of aryl methyl sites for hydroxylation is 1. The van der Waals surface area contributed by atoms with Crippen LogP contribution in [0.2, 0.25) is 0 Å². The second-order valence-electron chi connectivity index (χ2n) is 7.39. The zero-order valence-electron chi connectivity index (χ0n) is 17.8. The molecule has 4 rings (SSSR count). The molecular formula is C21H22FN5O4S2. The van der Waals surface area contributed by atoms with Crippen molar-refractivity contribution >= 4 is 38.1 Å². The number of nitrogens with zero attached hydrogens (tertiary/aromatic N) is 4. The lowest BCUT2D eigenvalue weighted by molar-refractivity contribution is -0.118. The molecule has 1 aromatic heterocycles. The van der Waals surface area contributed by atoms with Crippen molar-refractivity contribution in [2.45, 2.75) is 11.3 Å². The number of carbonyl (C=O) groups is 1. The Hall–Kier alpha value is -3.09. The first-order valence-electron chi connectivity index (χ1n) is 10.1. The van der Waals surface area contributed by atoms with Crippen molar-refractivity contribution in [3.05, 3.63) is 59.9 Å². The summed E-state index contributed by atoms with van der Waals surface area (Å²) < 4.78 is 45.3. The zero-order valence-corrected chi connectivity index (χ0v) is 19.4. The second-order valence-corrected chi connectivity index (χ2v) is 10.5. The van der Waals surface area contributed by atoms with E-state index < -0.39 is 21.7 Å². The van der Waals surface area contributed by atoms with Crippen molar-refractivity contribution in [3.63, 3.8) is 0 Å². The predicted molar refractivity (Wildman–Crippen MR) is 123 cm³/mol. The van der Waals surface area contributed by atoms with Crippen LogP contribution in [-0.2, 0) is 14.8 Å². The van der Waals surface area contributed by atoms with Crippen molar-refractivity contribution in [1.82, 2.24) is 14.5 Å². The average molecular weight is 492 g/mol. The Balaban J connectivity index is 1.32. The maximum atomic E-state index is 13.0. The summed E-state index contributed by atoms with van der Waals surface area (Å²) in [4.78, 5) is 14.2. The molecule has 9 nitrogen and oxygen atoms in total. The average Bonchev–Trinajstić information content (AvgIpc) is 3.28. The van der Waals surface area contributed by atoms with Crippen LogP contribution in [0.4, 0.5) is 15.2 Å². The lowest BCUT2D eigenvalue weighted by Gasteiger charge is -2.34. The van der Waals surface area contributed by atoms with Gasteiger partial charge in [0.1, 0.15) is 11.6 Å². The monoisotopic (exact) mass is 491 g/mol. The van der Waals surface area contributed by atoms with E-state index in [9.17, 15) is 17.6 Å². The van der Waals surface area contributed by atoms with E-state index in [-0.39, 0.29) is 16.1 Å². The summed E-state index contributed by atoms with van der Waals surface area (Å²) in [5.41, 5.74) is 2.21. The Morgan fingerprint density at radius 3 is 2.55 bits per heavy atom. The fourth-order valence-electron chi connectivity index (χ4n) is 3.32. The molecule has 1 aliphatic heterocycles. The van der Waals surface area contributed by atoms with Crippen LogP contribution in [0.3, 0.4) is 0 Å². The number of hydrogen-bond acceptors (Lipinski definition) is 8. The van der Waals surface area contributed by atoms with Gasteiger partial charge in [0, 0.05) is 31.9 Å². The Kier molecular flexibility index (Phi) is 6.86. The summed E-state index contributed by atoms with van der Waals surface area (Å²) in [5.74, 6) is -0.617. The Labute approximate surface area is 194 Å². The third-order valence-electron chi connectivity index (χ3n) is 5.00. The van der Waals surface area contributed by atoms with Crippen LogP contribution >= 0.6 is 11.3 Å². The number of halogens is 1. The fourth-order valence-corrected chi connectivity index (χ4v) is 5.80. The minimum atomic E-state index is -3.82. The molecule has 1 N–H and O–H groups in total. The van der Waals surface area contributed by atoms with Gasteiger partial charge in [-0.25, -0.2) is 12.8 Å². The molecule has 1 saturated heterocycles. The van der Waals surface area contributed by atoms with Gasteiger partial charge >= 0.3 is 0 Å². The maximum Gasteiger partial charge on any atom is 0.272 e. The highest BCUT2D eigenvalue weighted by atomic mass is 32.2. The predicted octanol–water partition coefficient (Wildman–Crippen LogP) is 2.51. The Morgan fingerprint density at radius 1 is 1.12 bits per heavy atom. The smallest absolute Gasteiger partial charge is 0.272 e. The number of nitrogens with one attached hydrogen (secondary N) is 1. The minimum Gasteiger partial charge on any atom is -0.484 e. The number of sulfonamides is 1. The number of ether oxygens (including phenoxy) is 1. The maximum absolute atomic E-state index is 13.0. The molecular weight excluding hydrogens is 469 g/mol. The SMILES string of the molecule is Cc1cccc(N2CCN(S(=O)(=O)c3nnc(NC(=O)COc4ccc(F)cc4)s3)CC2)c1. The number of hydrogen-bond donors (Lipinski definition) is 1. The fraction of sp³-hybridized carbons (Fsp3) is 0.286. The molecule has 0 bridgehead atoms. The topological polar surface area (TPSA) is 105 Å². The van der Waals surface area contributed by atoms with Crippen molar-refractivity contribution in [1.29, 1.82) is 0 Å². The van der Waals surface area contributed by atoms with Crippen molar-refractivity contribution < 1.29 is 22.3 Å². The van der Waals surface area contributed by atoms with Crippen LogP contribution in [0.25, 0.3) is 0 Å². The minimum absolute atomic E-state index is 0.0553. The molecule has 2 heterocycles. The molecule has 0 unspecified atom stereocenters. The lowest BCUT2D eigenvalue weighted by atomic mass is 10.2. The van der Waals surface area contributed by atoms with E-state index in [0.717, 1.165) is 22.6 Å². The summed E-state index contributed by atoms with van der Waals surface area (Å²) in [5, 5.41) is 10.1. The van der Waals surface area contributed by atoms with E-state index in [1.165, 1.54) is 28.6 Å². The molecule has 33 heavy (non-hydrogen) atoms. The highest BCUT2D eigenvalue weighted by molar-refractivity contribution is 7.91. The quantitative estimate of drug-likeness (QED) is 0.507. The van der Waals surface area contributed by atoms with Crippen molar-refractivity contribution in [3.8, 4) is 5.75 Å². The Morgan fingerprint density at radius 2 is 1.85 bits per heavy atom. The van der Waals surface area contributed by atoms with Crippen molar-refractivity contribution in [2.75, 3.05) is 43.0 Å². The molecule has 2 aromatic carbocycles. The van der Waals surface area contributed by atoms with Crippen LogP contribution in [0, 0.1) is 12.7 Å². The van der Waals surface area contributed by atoms with Gasteiger partial charge in [0.25, 0.3) is 15.9 Å². The molecule has 12 heteroatoms. The van der Waals surface area contributed by atoms with E-state index in [2.05, 4.69) is 26.5 Å². The summed E-state index contributed by atoms with van der Waals surface area (Å²) in [6.07, 6.45) is 0. The van der Waals surface area contributed by atoms with Gasteiger partial charge in [-0.2, -0.15) is 4.31 Å². The summed E-state index contributed by atoms with van der Waals surface area (Å²) in [6.45, 7) is 3.45. The number of carbonyl (C=O) groups excluding carboxylic acids is 1. The molecule has 174 valence electrons. The third-order valence-corrected chi connectivity index (χ3v) is 8.09. The number of aromatic nitrogens is 2. The first-order chi connectivity index (χ1) is 15.8. The van der Waals surface area contributed by atoms with Gasteiger partial charge in [0.05, 0.1) is 0 Å². The number of benzene rings is 2. The van der Waals surface area contributed by atoms with Crippen LogP contribution in [0.15, 0.2) is 52.9 Å². The number of anilines is 2. The number of amides is 1. The standard InChI is InChI=1S/C21H22FN5O4S2/c1-15-3-2-4-17(13-15)26-9-11-27(12-10-26)33(29,30)21-25-24-20(32-21)23-19(28)14-31-18-7-5-16(22)6-8-18/h2-8,13H,9-12,14H2,1H3,(H,23,24,28). The van der Waals surface area contributed by atoms with Crippen LogP contribution < -0.4 is 15.0 Å². The summed E-state index contributed by atoms with van der Waals surface area (Å²) in [7, 11) is -3.82. The largest absolute Gasteiger partial charge is 0.484 e. The van der Waals surface area contributed by atoms with Crippen LogP contribution in [-0.4, -0.2) is 61.6 Å². The van der Waals surface area contributed by atoms with Gasteiger partial charge < -0.3 is 9.64 Å². The summed E-state index contributed by atoms with van der Waals surface area (Å²) >= 11 is 0.782. The zero-order chi connectivity index (χ0) is 23.4. The molecule has 3 aromatic rings. The van der Waals surface area contributed by atoms with Crippen molar-refractivity contribution in [2.24, 2.45) is 0 Å². The highest BCUT2D eigenvalue weighted by Gasteiger charge is 2.32. The highest BCUT2D eigenvalue weighted by Crippen LogP contribution is 2.25. The van der Waals surface area contributed by atoms with E-state index in [0.29, 0.717) is 31.9 Å². The lowest BCUT2D eigenvalue weighted by Crippen LogP contribution is -2.48. The van der Waals surface area contributed by atoms with Gasteiger partial charge in [0.2, 0.25) is 9.47 Å². The van der Waals surface area contributed by atoms with E-state index in [1.807, 2.05) is 25.1 Å². The molecule has 0 spiro atoms. The van der Waals surface area contributed by atoms with Gasteiger partial charge in [-0.15, -0.1) is 10.2 Å². The number of piperazine rings is 1. The first kappa shape index (κ1) is 23.1. The molecule has 0 aliphatic carbocycles. The normalized spacial score (nSPS) is 14.8. The van der Waals surface area contributed by atoms with Gasteiger partial charge in [0.15, 0.2) is 6.61 Å². The molecule has 0 saturated carbocycles. The first-order valence-corrected chi connectivity index (χ1v) is 12.4. The van der Waals surface area contributed by atoms with Gasteiger partial charge in [-0.05, 0) is 48.9 Å². The van der Waals surface area contributed by atoms with Crippen LogP contribution in [0.5, 0.6) is 5.75 Å². The molecule has 1 fully saturated rings. The molecule has 1 aliphatic rings. The summed E-state index contributed by atoms with van der Waals surface area (Å²) in [6, 6.07) is 13.3. The molecule has 1 amide bonds. The Bertz CT molecular complexity index is 1230. The third kappa shape index (κ3) is 5.64. The molecule has 0 radical (unpaired) electrons. The second kappa shape index (κ2) is 9.81.